The summed E-state index contributed by atoms with van der Waals surface area (Å²) in [5.41, 5.74) is 7.59. The first-order chi connectivity index (χ1) is 8.58. The van der Waals surface area contributed by atoms with E-state index in [0.29, 0.717) is 17.1 Å². The minimum atomic E-state index is -0.512. The van der Waals surface area contributed by atoms with Gasteiger partial charge in [0.15, 0.2) is 11.5 Å². The van der Waals surface area contributed by atoms with Gasteiger partial charge < -0.3 is 15.2 Å². The quantitative estimate of drug-likeness (QED) is 0.877. The molecule has 4 heteroatoms. The van der Waals surface area contributed by atoms with Gasteiger partial charge in [0, 0.05) is 17.0 Å². The Bertz CT molecular complexity index is 442. The molecule has 1 fully saturated rings. The Kier molecular flexibility index (Phi) is 3.48. The molecule has 18 heavy (non-hydrogen) atoms. The monoisotopic (exact) mass is 253 g/mol. The van der Waals surface area contributed by atoms with Crippen LogP contribution < -0.4 is 15.2 Å². The number of nitrogens with two attached hydrogens (primary N) is 1. The van der Waals surface area contributed by atoms with Crippen LogP contribution in [0.1, 0.15) is 30.9 Å². The molecule has 0 saturated heterocycles. The Labute approximate surface area is 107 Å². The Morgan fingerprint density at radius 1 is 1.33 bits per heavy atom. The first kappa shape index (κ1) is 13.1. The van der Waals surface area contributed by atoms with Gasteiger partial charge in [-0.25, -0.2) is 4.39 Å². The predicted molar refractivity (Wildman–Crippen MR) is 68.9 cm³/mol. The van der Waals surface area contributed by atoms with Crippen molar-refractivity contribution in [3.63, 3.8) is 0 Å². The largest absolute Gasteiger partial charge is 0.493 e. The smallest absolute Gasteiger partial charge is 0.164 e. The van der Waals surface area contributed by atoms with Crippen molar-refractivity contribution in [3.05, 3.63) is 23.3 Å². The van der Waals surface area contributed by atoms with Crippen LogP contribution >= 0.6 is 0 Å². The average Bonchev–Trinajstić information content (AvgIpc) is 3.18. The molecule has 1 aromatic carbocycles. The molecule has 1 aliphatic rings. The van der Waals surface area contributed by atoms with Crippen molar-refractivity contribution in [2.45, 2.75) is 37.9 Å². The van der Waals surface area contributed by atoms with Gasteiger partial charge in [-0.1, -0.05) is 0 Å². The molecule has 1 unspecified atom stereocenters. The minimum absolute atomic E-state index is 0.0194. The zero-order chi connectivity index (χ0) is 13.3. The second-order valence-corrected chi connectivity index (χ2v) is 4.96. The van der Waals surface area contributed by atoms with Crippen molar-refractivity contribution in [1.82, 2.24) is 0 Å². The predicted octanol–water partition coefficient (Wildman–Crippen LogP) is 2.55. The molecule has 0 spiro atoms. The van der Waals surface area contributed by atoms with E-state index in [1.165, 1.54) is 0 Å². The summed E-state index contributed by atoms with van der Waals surface area (Å²) in [5.74, 6) is 1.26. The fraction of sp³-hybridized carbons (Fsp3) is 0.571. The third-order valence-corrected chi connectivity index (χ3v) is 3.89. The van der Waals surface area contributed by atoms with Crippen LogP contribution in [0.2, 0.25) is 0 Å². The Hall–Kier alpha value is -1.29. The molecule has 1 aliphatic carbocycles. The molecule has 0 amide bonds. The minimum Gasteiger partial charge on any atom is -0.493 e. The molecule has 1 atom stereocenters. The molecule has 100 valence electrons. The van der Waals surface area contributed by atoms with Crippen LogP contribution in [-0.4, -0.2) is 20.3 Å². The fourth-order valence-electron chi connectivity index (χ4n) is 2.57. The maximum Gasteiger partial charge on any atom is 0.164 e. The Morgan fingerprint density at radius 2 is 2.00 bits per heavy atom. The molecular formula is C14H20FNO2. The van der Waals surface area contributed by atoms with Gasteiger partial charge in [-0.3, -0.25) is 0 Å². The van der Waals surface area contributed by atoms with E-state index < -0.39 is 6.67 Å². The molecule has 1 saturated carbocycles. The zero-order valence-corrected chi connectivity index (χ0v) is 11.1. The van der Waals surface area contributed by atoms with Crippen LogP contribution in [0.5, 0.6) is 11.5 Å². The maximum absolute atomic E-state index is 12.9. The van der Waals surface area contributed by atoms with E-state index in [9.17, 15) is 4.39 Å². The molecule has 0 heterocycles. The number of rotatable bonds is 5. The molecular weight excluding hydrogens is 233 g/mol. The summed E-state index contributed by atoms with van der Waals surface area (Å²) in [6.07, 6.45) is 2.03. The number of ether oxygens (including phenoxy) is 2. The van der Waals surface area contributed by atoms with Gasteiger partial charge in [0.1, 0.15) is 6.67 Å². The molecule has 0 aliphatic heterocycles. The number of halogens is 1. The van der Waals surface area contributed by atoms with Gasteiger partial charge in [-0.2, -0.15) is 0 Å². The number of methoxy groups -OCH3 is 2. The van der Waals surface area contributed by atoms with Crippen molar-refractivity contribution in [2.75, 3.05) is 14.2 Å². The Balaban J connectivity index is 2.57. The van der Waals surface area contributed by atoms with Crippen molar-refractivity contribution in [1.29, 1.82) is 0 Å². The number of hydrogen-bond acceptors (Lipinski definition) is 3. The van der Waals surface area contributed by atoms with Crippen LogP contribution in [0, 0.1) is 0 Å². The van der Waals surface area contributed by atoms with E-state index in [0.717, 1.165) is 18.4 Å². The molecule has 0 aromatic heterocycles. The van der Waals surface area contributed by atoms with E-state index in [-0.39, 0.29) is 11.5 Å². The lowest BCUT2D eigenvalue weighted by atomic mass is 9.87. The summed E-state index contributed by atoms with van der Waals surface area (Å²) >= 11 is 0. The number of benzene rings is 1. The van der Waals surface area contributed by atoms with Gasteiger partial charge in [0.2, 0.25) is 0 Å². The lowest BCUT2D eigenvalue weighted by molar-refractivity contribution is 0.344. The highest BCUT2D eigenvalue weighted by atomic mass is 19.1. The topological polar surface area (TPSA) is 44.5 Å². The normalized spacial score (nSPS) is 18.3. The third kappa shape index (κ3) is 1.94. The highest BCUT2D eigenvalue weighted by Gasteiger charge is 2.49. The lowest BCUT2D eigenvalue weighted by Gasteiger charge is -2.24. The SMILES string of the molecule is COc1cc(CF)cc(C2(C(C)N)CC2)c1OC. The molecule has 0 radical (unpaired) electrons. The van der Waals surface area contributed by atoms with E-state index >= 15 is 0 Å². The molecule has 1 aromatic rings. The van der Waals surface area contributed by atoms with Crippen LogP contribution in [0.4, 0.5) is 4.39 Å². The molecule has 2 rings (SSSR count). The van der Waals surface area contributed by atoms with Crippen LogP contribution in [0.3, 0.4) is 0 Å². The summed E-state index contributed by atoms with van der Waals surface area (Å²) in [7, 11) is 3.17. The third-order valence-electron chi connectivity index (χ3n) is 3.89. The van der Waals surface area contributed by atoms with Crippen molar-refractivity contribution in [2.24, 2.45) is 5.73 Å². The second kappa shape index (κ2) is 4.76. The van der Waals surface area contributed by atoms with Crippen molar-refractivity contribution < 1.29 is 13.9 Å². The van der Waals surface area contributed by atoms with E-state index in [4.69, 9.17) is 15.2 Å². The first-order valence-corrected chi connectivity index (χ1v) is 6.16. The highest BCUT2D eigenvalue weighted by Crippen LogP contribution is 2.55. The summed E-state index contributed by atoms with van der Waals surface area (Å²) in [6.45, 7) is 1.48. The van der Waals surface area contributed by atoms with Gasteiger partial charge in [0.25, 0.3) is 0 Å². The van der Waals surface area contributed by atoms with Gasteiger partial charge in [0.05, 0.1) is 14.2 Å². The van der Waals surface area contributed by atoms with Crippen LogP contribution in [0.15, 0.2) is 12.1 Å². The summed E-state index contributed by atoms with van der Waals surface area (Å²) in [6, 6.07) is 3.56. The van der Waals surface area contributed by atoms with E-state index in [1.54, 1.807) is 20.3 Å². The van der Waals surface area contributed by atoms with Crippen molar-refractivity contribution >= 4 is 0 Å². The molecule has 2 N–H and O–H groups in total. The summed E-state index contributed by atoms with van der Waals surface area (Å²) < 4.78 is 23.7. The van der Waals surface area contributed by atoms with Crippen molar-refractivity contribution in [3.8, 4) is 11.5 Å². The summed E-state index contributed by atoms with van der Waals surface area (Å²) in [5, 5.41) is 0. The highest BCUT2D eigenvalue weighted by molar-refractivity contribution is 5.55. The second-order valence-electron chi connectivity index (χ2n) is 4.96. The molecule has 3 nitrogen and oxygen atoms in total. The Morgan fingerprint density at radius 3 is 2.39 bits per heavy atom. The maximum atomic E-state index is 12.9. The summed E-state index contributed by atoms with van der Waals surface area (Å²) in [4.78, 5) is 0. The standard InChI is InChI=1S/C14H20FNO2/c1-9(16)14(4-5-14)11-6-10(8-15)7-12(17-2)13(11)18-3/h6-7,9H,4-5,8,16H2,1-3H3. The van der Waals surface area contributed by atoms with Gasteiger partial charge in [-0.15, -0.1) is 0 Å². The van der Waals surface area contributed by atoms with Crippen LogP contribution in [0.25, 0.3) is 0 Å². The number of alkyl halides is 1. The van der Waals surface area contributed by atoms with E-state index in [2.05, 4.69) is 0 Å². The van der Waals surface area contributed by atoms with Gasteiger partial charge >= 0.3 is 0 Å². The lowest BCUT2D eigenvalue weighted by Crippen LogP contribution is -2.32. The zero-order valence-electron chi connectivity index (χ0n) is 11.1. The fourth-order valence-corrected chi connectivity index (χ4v) is 2.57. The van der Waals surface area contributed by atoms with Crippen LogP contribution in [-0.2, 0) is 12.1 Å². The first-order valence-electron chi connectivity index (χ1n) is 6.16. The average molecular weight is 253 g/mol. The number of hydrogen-bond donors (Lipinski definition) is 1. The van der Waals surface area contributed by atoms with E-state index in [1.807, 2.05) is 13.0 Å². The van der Waals surface area contributed by atoms with Gasteiger partial charge in [-0.05, 0) is 37.5 Å². The molecule has 0 bridgehead atoms.